The van der Waals surface area contributed by atoms with Crippen molar-refractivity contribution in [3.8, 4) is 0 Å². The smallest absolute Gasteiger partial charge is 0.332 e. The highest BCUT2D eigenvalue weighted by molar-refractivity contribution is 5.63. The van der Waals surface area contributed by atoms with Crippen LogP contribution in [0.15, 0.2) is 0 Å². The lowest BCUT2D eigenvalue weighted by Gasteiger charge is -2.30. The van der Waals surface area contributed by atoms with Gasteiger partial charge in [-0.25, -0.2) is 10.8 Å². The molecule has 1 rings (SSSR count). The number of nitrogens with one attached hydrogen (secondary N) is 1. The molecule has 0 saturated carbocycles. The fourth-order valence-electron chi connectivity index (χ4n) is 2.33. The first-order valence-electron chi connectivity index (χ1n) is 6.87. The number of nitrogens with two attached hydrogens (primary N) is 1. The number of aryl methyl sites for hydroxylation is 1. The van der Waals surface area contributed by atoms with E-state index < -0.39 is 4.92 Å². The summed E-state index contributed by atoms with van der Waals surface area (Å²) in [5.74, 6) is 5.61. The standard InChI is InChI=1S/C12H22N6O3/c1-4-9(5-2)17(6-7-19)11-10(18(20)21)8(3)14-12(15-11)16-13/h9,19H,4-7,13H2,1-3H3,(H,14,15,16). The summed E-state index contributed by atoms with van der Waals surface area (Å²) in [6.07, 6.45) is 1.56. The van der Waals surface area contributed by atoms with E-state index in [0.717, 1.165) is 12.8 Å². The van der Waals surface area contributed by atoms with Crippen molar-refractivity contribution < 1.29 is 10.0 Å². The monoisotopic (exact) mass is 298 g/mol. The minimum Gasteiger partial charge on any atom is -0.395 e. The molecule has 0 spiro atoms. The second-order valence-electron chi connectivity index (χ2n) is 4.59. The summed E-state index contributed by atoms with van der Waals surface area (Å²) in [6, 6.07) is 0.0378. The Kier molecular flexibility index (Phi) is 6.25. The molecule has 0 radical (unpaired) electrons. The van der Waals surface area contributed by atoms with E-state index >= 15 is 0 Å². The van der Waals surface area contributed by atoms with Crippen molar-refractivity contribution >= 4 is 17.5 Å². The average molecular weight is 298 g/mol. The molecule has 0 amide bonds. The van der Waals surface area contributed by atoms with Crippen LogP contribution in [0.25, 0.3) is 0 Å². The number of nitrogen functional groups attached to an aromatic ring is 1. The number of anilines is 2. The van der Waals surface area contributed by atoms with E-state index in [2.05, 4.69) is 15.4 Å². The number of aromatic nitrogens is 2. The van der Waals surface area contributed by atoms with Gasteiger partial charge in [0, 0.05) is 12.6 Å². The second kappa shape index (κ2) is 7.70. The molecule has 118 valence electrons. The SMILES string of the molecule is CCC(CC)N(CCO)c1nc(NN)nc(C)c1[N+](=O)[O-]. The Balaban J connectivity index is 3.46. The van der Waals surface area contributed by atoms with Crippen LogP contribution in [0.3, 0.4) is 0 Å². The molecule has 1 heterocycles. The summed E-state index contributed by atoms with van der Waals surface area (Å²) in [5, 5.41) is 20.6. The van der Waals surface area contributed by atoms with Crippen molar-refractivity contribution in [3.63, 3.8) is 0 Å². The maximum atomic E-state index is 11.3. The van der Waals surface area contributed by atoms with Crippen molar-refractivity contribution in [2.24, 2.45) is 5.84 Å². The number of nitro groups is 1. The van der Waals surface area contributed by atoms with Crippen molar-refractivity contribution in [1.29, 1.82) is 0 Å². The molecule has 21 heavy (non-hydrogen) atoms. The first-order chi connectivity index (χ1) is 9.99. The predicted octanol–water partition coefficient (Wildman–Crippen LogP) is 0.966. The zero-order valence-corrected chi connectivity index (χ0v) is 12.5. The molecule has 9 heteroatoms. The van der Waals surface area contributed by atoms with Crippen LogP contribution in [0.2, 0.25) is 0 Å². The van der Waals surface area contributed by atoms with E-state index in [9.17, 15) is 15.2 Å². The Morgan fingerprint density at radius 2 is 2.05 bits per heavy atom. The quantitative estimate of drug-likeness (QED) is 0.367. The van der Waals surface area contributed by atoms with Crippen molar-refractivity contribution in [2.75, 3.05) is 23.5 Å². The highest BCUT2D eigenvalue weighted by Gasteiger charge is 2.29. The van der Waals surface area contributed by atoms with Crippen LogP contribution >= 0.6 is 0 Å². The van der Waals surface area contributed by atoms with Crippen LogP contribution in [0, 0.1) is 17.0 Å². The molecule has 1 aromatic heterocycles. The van der Waals surface area contributed by atoms with E-state index in [1.165, 1.54) is 6.92 Å². The molecular weight excluding hydrogens is 276 g/mol. The van der Waals surface area contributed by atoms with Gasteiger partial charge in [0.05, 0.1) is 11.5 Å². The summed E-state index contributed by atoms with van der Waals surface area (Å²) in [4.78, 5) is 20.7. The largest absolute Gasteiger partial charge is 0.395 e. The van der Waals surface area contributed by atoms with Crippen LogP contribution < -0.4 is 16.2 Å². The Morgan fingerprint density at radius 3 is 2.48 bits per heavy atom. The molecule has 0 atom stereocenters. The van der Waals surface area contributed by atoms with E-state index in [4.69, 9.17) is 5.84 Å². The van der Waals surface area contributed by atoms with Crippen LogP contribution in [0.5, 0.6) is 0 Å². The third-order valence-corrected chi connectivity index (χ3v) is 3.35. The van der Waals surface area contributed by atoms with Crippen LogP contribution in [-0.4, -0.2) is 39.2 Å². The lowest BCUT2D eigenvalue weighted by Crippen LogP contribution is -2.38. The van der Waals surface area contributed by atoms with E-state index in [0.29, 0.717) is 0 Å². The lowest BCUT2D eigenvalue weighted by molar-refractivity contribution is -0.385. The molecule has 0 aliphatic heterocycles. The molecule has 1 aromatic rings. The number of nitrogens with zero attached hydrogens (tertiary/aromatic N) is 4. The fraction of sp³-hybridized carbons (Fsp3) is 0.667. The molecule has 0 aromatic carbocycles. The summed E-state index contributed by atoms with van der Waals surface area (Å²) in [6.45, 7) is 5.64. The summed E-state index contributed by atoms with van der Waals surface area (Å²) in [5.41, 5.74) is 2.38. The molecule has 9 nitrogen and oxygen atoms in total. The molecule has 4 N–H and O–H groups in total. The topological polar surface area (TPSA) is 130 Å². The number of hydrogen-bond acceptors (Lipinski definition) is 8. The Morgan fingerprint density at radius 1 is 1.43 bits per heavy atom. The fourth-order valence-corrected chi connectivity index (χ4v) is 2.33. The summed E-state index contributed by atoms with van der Waals surface area (Å²) >= 11 is 0. The van der Waals surface area contributed by atoms with Crippen molar-refractivity contribution in [2.45, 2.75) is 39.7 Å². The molecular formula is C12H22N6O3. The molecule has 0 saturated heterocycles. The predicted molar refractivity (Wildman–Crippen MR) is 80.0 cm³/mol. The zero-order valence-electron chi connectivity index (χ0n) is 12.5. The van der Waals surface area contributed by atoms with E-state index in [1.807, 2.05) is 13.8 Å². The number of hydrogen-bond donors (Lipinski definition) is 3. The number of aliphatic hydroxyl groups is 1. The van der Waals surface area contributed by atoms with Crippen LogP contribution in [0.4, 0.5) is 17.5 Å². The maximum Gasteiger partial charge on any atom is 0.332 e. The van der Waals surface area contributed by atoms with Gasteiger partial charge in [0.2, 0.25) is 11.8 Å². The third kappa shape index (κ3) is 3.76. The van der Waals surface area contributed by atoms with Gasteiger partial charge in [0.25, 0.3) is 0 Å². The van der Waals surface area contributed by atoms with Gasteiger partial charge in [-0.3, -0.25) is 15.5 Å². The average Bonchev–Trinajstić information content (AvgIpc) is 2.46. The number of rotatable bonds is 8. The minimum absolute atomic E-state index is 0.0378. The highest BCUT2D eigenvalue weighted by atomic mass is 16.6. The summed E-state index contributed by atoms with van der Waals surface area (Å²) in [7, 11) is 0. The van der Waals surface area contributed by atoms with Gasteiger partial charge in [-0.15, -0.1) is 0 Å². The van der Waals surface area contributed by atoms with Gasteiger partial charge in [0.1, 0.15) is 5.69 Å². The van der Waals surface area contributed by atoms with Crippen LogP contribution in [0.1, 0.15) is 32.4 Å². The van der Waals surface area contributed by atoms with Crippen molar-refractivity contribution in [1.82, 2.24) is 9.97 Å². The summed E-state index contributed by atoms with van der Waals surface area (Å²) < 4.78 is 0. The highest BCUT2D eigenvalue weighted by Crippen LogP contribution is 2.31. The third-order valence-electron chi connectivity index (χ3n) is 3.35. The van der Waals surface area contributed by atoms with E-state index in [-0.39, 0.29) is 42.3 Å². The Labute approximate surface area is 123 Å². The van der Waals surface area contributed by atoms with Gasteiger partial charge in [-0.05, 0) is 19.8 Å². The number of hydrazine groups is 1. The maximum absolute atomic E-state index is 11.3. The molecule has 0 unspecified atom stereocenters. The minimum atomic E-state index is -0.502. The number of aliphatic hydroxyl groups excluding tert-OH is 1. The van der Waals surface area contributed by atoms with Crippen molar-refractivity contribution in [3.05, 3.63) is 15.8 Å². The van der Waals surface area contributed by atoms with Gasteiger partial charge >= 0.3 is 5.69 Å². The Bertz CT molecular complexity index is 492. The van der Waals surface area contributed by atoms with Crippen LogP contribution in [-0.2, 0) is 0 Å². The lowest BCUT2D eigenvalue weighted by atomic mass is 10.1. The first-order valence-corrected chi connectivity index (χ1v) is 6.87. The van der Waals surface area contributed by atoms with Gasteiger partial charge in [-0.1, -0.05) is 13.8 Å². The molecule has 0 aliphatic rings. The van der Waals surface area contributed by atoms with E-state index in [1.54, 1.807) is 4.90 Å². The van der Waals surface area contributed by atoms with Gasteiger partial charge in [-0.2, -0.15) is 4.98 Å². The zero-order chi connectivity index (χ0) is 16.0. The Hall–Kier alpha value is -2.00. The van der Waals surface area contributed by atoms with Gasteiger partial charge in [0.15, 0.2) is 0 Å². The molecule has 0 fully saturated rings. The normalized spacial score (nSPS) is 10.8. The second-order valence-corrected chi connectivity index (χ2v) is 4.59. The molecule has 0 aliphatic carbocycles. The van der Waals surface area contributed by atoms with Gasteiger partial charge < -0.3 is 10.0 Å². The molecule has 0 bridgehead atoms. The first kappa shape index (κ1) is 17.1.